The molecule has 0 atom stereocenters. The lowest BCUT2D eigenvalue weighted by atomic mass is 10.5. The Morgan fingerprint density at radius 2 is 1.30 bits per heavy atom. The fourth-order valence-electron chi connectivity index (χ4n) is 0.561. The molecule has 6 nitrogen and oxygen atoms in total. The first-order valence-corrected chi connectivity index (χ1v) is 8.18. The van der Waals surface area contributed by atoms with E-state index in [1.54, 1.807) is 18.3 Å². The molecule has 0 amide bonds. The second-order valence-electron chi connectivity index (χ2n) is 3.14. The third kappa shape index (κ3) is 6.66. The highest BCUT2D eigenvalue weighted by molar-refractivity contribution is 8.00. The summed E-state index contributed by atoms with van der Waals surface area (Å²) >= 11 is 11.0. The van der Waals surface area contributed by atoms with Crippen LogP contribution in [0.25, 0.3) is 0 Å². The van der Waals surface area contributed by atoms with Crippen molar-refractivity contribution >= 4 is 43.4 Å². The molecule has 0 aliphatic rings. The van der Waals surface area contributed by atoms with Crippen LogP contribution in [-0.4, -0.2) is 32.8 Å². The number of halogens is 8. The van der Waals surface area contributed by atoms with Crippen molar-refractivity contribution in [2.24, 2.45) is 0 Å². The molecule has 16 heteroatoms. The molecule has 0 bridgehead atoms. The van der Waals surface area contributed by atoms with Crippen LogP contribution in [-0.2, 0) is 23.9 Å². The summed E-state index contributed by atoms with van der Waals surface area (Å²) in [6.07, 6.45) is 1.59. The van der Waals surface area contributed by atoms with Crippen LogP contribution < -0.4 is 0 Å². The molecule has 1 rings (SSSR count). The summed E-state index contributed by atoms with van der Waals surface area (Å²) in [6.45, 7) is 0. The van der Waals surface area contributed by atoms with Gasteiger partial charge in [-0.2, -0.15) is 43.2 Å². The molecule has 0 radical (unpaired) electrons. The third-order valence-corrected chi connectivity index (χ3v) is 4.73. The molecule has 1 heterocycles. The Balaban J connectivity index is 0.000000502. The summed E-state index contributed by atoms with van der Waals surface area (Å²) in [5.74, 6) is 0. The van der Waals surface area contributed by atoms with Gasteiger partial charge in [-0.1, -0.05) is 23.2 Å². The van der Waals surface area contributed by atoms with E-state index in [0.29, 0.717) is 10.2 Å². The smallest absolute Gasteiger partial charge is 0.243 e. The van der Waals surface area contributed by atoms with Crippen LogP contribution in [0, 0.1) is 0 Å². The number of pyridine rings is 1. The van der Waals surface area contributed by atoms with Crippen LogP contribution in [0.2, 0.25) is 10.2 Å². The SMILES string of the molecule is Clc1cccnc1Cl.O=S(=O)(OS(=O)(=O)C(F)(F)F)C(F)(F)F. The molecule has 0 aliphatic heterocycles. The van der Waals surface area contributed by atoms with E-state index in [4.69, 9.17) is 23.2 Å². The van der Waals surface area contributed by atoms with Crippen molar-refractivity contribution in [3.05, 3.63) is 28.5 Å². The Labute approximate surface area is 135 Å². The molecule has 0 aromatic carbocycles. The minimum atomic E-state index is -6.85. The van der Waals surface area contributed by atoms with Crippen molar-refractivity contribution in [1.29, 1.82) is 0 Å². The summed E-state index contributed by atoms with van der Waals surface area (Å²) in [6, 6.07) is 3.42. The van der Waals surface area contributed by atoms with Gasteiger partial charge in [-0.05, 0) is 12.1 Å². The van der Waals surface area contributed by atoms with E-state index >= 15 is 0 Å². The van der Waals surface area contributed by atoms with Crippen molar-refractivity contribution in [2.75, 3.05) is 0 Å². The van der Waals surface area contributed by atoms with Gasteiger partial charge in [0.25, 0.3) is 0 Å². The molecule has 0 saturated carbocycles. The maximum atomic E-state index is 11.4. The van der Waals surface area contributed by atoms with Crippen LogP contribution >= 0.6 is 23.2 Å². The number of hydrogen-bond donors (Lipinski definition) is 0. The van der Waals surface area contributed by atoms with Gasteiger partial charge in [0, 0.05) is 6.20 Å². The average molecular weight is 430 g/mol. The van der Waals surface area contributed by atoms with Gasteiger partial charge in [-0.25, -0.2) is 4.98 Å². The minimum absolute atomic E-state index is 0.356. The van der Waals surface area contributed by atoms with E-state index < -0.39 is 31.3 Å². The Morgan fingerprint density at radius 1 is 0.913 bits per heavy atom. The molecule has 0 aliphatic carbocycles. The fourth-order valence-corrected chi connectivity index (χ4v) is 2.36. The zero-order chi connectivity index (χ0) is 18.7. The molecule has 23 heavy (non-hydrogen) atoms. The predicted molar refractivity (Wildman–Crippen MR) is 65.3 cm³/mol. The Kier molecular flexibility index (Phi) is 7.11. The second kappa shape index (κ2) is 7.38. The van der Waals surface area contributed by atoms with Crippen LogP contribution in [0.15, 0.2) is 18.3 Å². The number of aromatic nitrogens is 1. The zero-order valence-corrected chi connectivity index (χ0v) is 13.2. The Bertz CT molecular complexity index is 682. The highest BCUT2D eigenvalue weighted by Gasteiger charge is 2.57. The highest BCUT2D eigenvalue weighted by atomic mass is 35.5. The van der Waals surface area contributed by atoms with Gasteiger partial charge in [-0.3, -0.25) is 0 Å². The van der Waals surface area contributed by atoms with Crippen LogP contribution in [0.5, 0.6) is 0 Å². The first kappa shape index (κ1) is 22.2. The van der Waals surface area contributed by atoms with Crippen molar-refractivity contribution in [1.82, 2.24) is 4.98 Å². The molecule has 134 valence electrons. The number of rotatable bonds is 2. The minimum Gasteiger partial charge on any atom is -0.243 e. The van der Waals surface area contributed by atoms with E-state index in [1.807, 2.05) is 3.63 Å². The Morgan fingerprint density at radius 3 is 1.52 bits per heavy atom. The Hall–Kier alpha value is -0.830. The largest absolute Gasteiger partial charge is 0.524 e. The van der Waals surface area contributed by atoms with Crippen LogP contribution in [0.1, 0.15) is 0 Å². The summed E-state index contributed by atoms with van der Waals surface area (Å²) in [4.78, 5) is 3.71. The van der Waals surface area contributed by atoms with Crippen LogP contribution in [0.3, 0.4) is 0 Å². The summed E-state index contributed by atoms with van der Waals surface area (Å²) in [5, 5.41) is 0.850. The predicted octanol–water partition coefficient (Wildman–Crippen LogP) is 3.09. The van der Waals surface area contributed by atoms with E-state index in [0.717, 1.165) is 0 Å². The van der Waals surface area contributed by atoms with Gasteiger partial charge < -0.3 is 0 Å². The lowest BCUT2D eigenvalue weighted by molar-refractivity contribution is -0.0585. The summed E-state index contributed by atoms with van der Waals surface area (Å²) in [7, 11) is -13.7. The van der Waals surface area contributed by atoms with E-state index in [9.17, 15) is 43.2 Å². The molecule has 0 N–H and O–H groups in total. The summed E-state index contributed by atoms with van der Waals surface area (Å²) < 4.78 is 110. The fraction of sp³-hybridized carbons (Fsp3) is 0.286. The number of nitrogens with zero attached hydrogens (tertiary/aromatic N) is 1. The maximum Gasteiger partial charge on any atom is 0.524 e. The highest BCUT2D eigenvalue weighted by Crippen LogP contribution is 2.32. The van der Waals surface area contributed by atoms with Gasteiger partial charge in [-0.15, -0.1) is 3.63 Å². The normalized spacial score (nSPS) is 13.2. The lowest BCUT2D eigenvalue weighted by Crippen LogP contribution is -2.34. The molecule has 0 saturated heterocycles. The van der Waals surface area contributed by atoms with Crippen molar-refractivity contribution in [3.8, 4) is 0 Å². The van der Waals surface area contributed by atoms with Gasteiger partial charge in [0.05, 0.1) is 5.02 Å². The standard InChI is InChI=1S/C5H3Cl2N.C2F6O5S2/c6-4-2-1-3-8-5(4)7;3-1(4,5)14(9,10)13-15(11,12)2(6,7)8/h1-3H;. The maximum absolute atomic E-state index is 11.4. The van der Waals surface area contributed by atoms with E-state index in [-0.39, 0.29) is 0 Å². The van der Waals surface area contributed by atoms with Gasteiger partial charge >= 0.3 is 31.3 Å². The first-order chi connectivity index (χ1) is 10.0. The van der Waals surface area contributed by atoms with E-state index in [1.165, 1.54) is 0 Å². The third-order valence-electron chi connectivity index (χ3n) is 1.46. The van der Waals surface area contributed by atoms with Crippen molar-refractivity contribution < 1.29 is 46.8 Å². The zero-order valence-electron chi connectivity index (χ0n) is 10.1. The van der Waals surface area contributed by atoms with Gasteiger partial charge in [0.1, 0.15) is 5.15 Å². The topological polar surface area (TPSA) is 90.4 Å². The number of hydrogen-bond acceptors (Lipinski definition) is 6. The van der Waals surface area contributed by atoms with Gasteiger partial charge in [0.15, 0.2) is 0 Å². The molecule has 1 aromatic rings. The molecule has 1 aromatic heterocycles. The van der Waals surface area contributed by atoms with E-state index in [2.05, 4.69) is 4.98 Å². The number of alkyl halides is 6. The lowest BCUT2D eigenvalue weighted by Gasteiger charge is -2.09. The van der Waals surface area contributed by atoms with Gasteiger partial charge in [0.2, 0.25) is 0 Å². The average Bonchev–Trinajstić information content (AvgIpc) is 2.29. The first-order valence-electron chi connectivity index (χ1n) is 4.61. The van der Waals surface area contributed by atoms with Crippen molar-refractivity contribution in [2.45, 2.75) is 11.0 Å². The second-order valence-corrected chi connectivity index (χ2v) is 7.20. The molecule has 0 unspecified atom stereocenters. The summed E-state index contributed by atoms with van der Waals surface area (Å²) in [5.41, 5.74) is -12.5. The quantitative estimate of drug-likeness (QED) is 0.407. The van der Waals surface area contributed by atoms with Crippen molar-refractivity contribution in [3.63, 3.8) is 0 Å². The molecular formula is C7H3Cl2F6NO5S2. The van der Waals surface area contributed by atoms with Crippen LogP contribution in [0.4, 0.5) is 26.3 Å². The monoisotopic (exact) mass is 429 g/mol. The molecule has 0 spiro atoms. The molecule has 0 fully saturated rings. The molecular weight excluding hydrogens is 427 g/mol.